The van der Waals surface area contributed by atoms with Crippen molar-refractivity contribution in [2.24, 2.45) is 0 Å². The molecule has 2 rings (SSSR count). The summed E-state index contributed by atoms with van der Waals surface area (Å²) in [6.07, 6.45) is -0.0914. The van der Waals surface area contributed by atoms with Gasteiger partial charge in [0.25, 0.3) is 0 Å². The van der Waals surface area contributed by atoms with Crippen LogP contribution in [-0.2, 0) is 22.6 Å². The van der Waals surface area contributed by atoms with Crippen LogP contribution in [0.3, 0.4) is 0 Å². The van der Waals surface area contributed by atoms with Crippen LogP contribution in [0, 0.1) is 13.8 Å². The first-order valence-corrected chi connectivity index (χ1v) is 8.05. The number of halogens is 1. The lowest BCUT2D eigenvalue weighted by Crippen LogP contribution is -2.48. The second kappa shape index (κ2) is 8.66. The number of nitrogens with one attached hydrogen (secondary N) is 1. The Morgan fingerprint density at radius 3 is 2.74 bits per heavy atom. The highest BCUT2D eigenvalue weighted by Gasteiger charge is 2.20. The largest absolute Gasteiger partial charge is 0.462 e. The Morgan fingerprint density at radius 1 is 1.43 bits per heavy atom. The molecule has 132 valence electrons. The van der Waals surface area contributed by atoms with E-state index in [-0.39, 0.29) is 31.0 Å². The Labute approximate surface area is 145 Å². The molecule has 0 bridgehead atoms. The molecular formula is C16H29ClN4O2. The molecule has 23 heavy (non-hydrogen) atoms. The summed E-state index contributed by atoms with van der Waals surface area (Å²) in [6, 6.07) is 0.519. The first-order valence-electron chi connectivity index (χ1n) is 8.05. The second-order valence-electron chi connectivity index (χ2n) is 6.44. The first kappa shape index (κ1) is 19.9. The number of aromatic nitrogens is 2. The molecule has 1 N–H and O–H groups in total. The fraction of sp³-hybridized carbons (Fsp3) is 0.750. The first-order chi connectivity index (χ1) is 10.4. The predicted octanol–water partition coefficient (Wildman–Crippen LogP) is 1.67. The van der Waals surface area contributed by atoms with E-state index in [9.17, 15) is 4.79 Å². The molecule has 0 unspecified atom stereocenters. The molecule has 0 spiro atoms. The van der Waals surface area contributed by atoms with Gasteiger partial charge in [-0.25, -0.2) is 0 Å². The molecular weight excluding hydrogens is 316 g/mol. The van der Waals surface area contributed by atoms with Crippen LogP contribution in [0.15, 0.2) is 0 Å². The minimum atomic E-state index is -0.233. The molecule has 1 aromatic rings. The van der Waals surface area contributed by atoms with Gasteiger partial charge in [0.2, 0.25) is 0 Å². The number of rotatable bonds is 5. The van der Waals surface area contributed by atoms with E-state index in [1.807, 2.05) is 27.7 Å². The molecule has 6 nitrogen and oxygen atoms in total. The number of hydrogen-bond donors (Lipinski definition) is 1. The molecule has 0 saturated carbocycles. The SMILES string of the molecule is Cc1nn(CC(=O)OC(C)C)c(C)c1CN1CCN[C@@H](C)C1.Cl. The monoisotopic (exact) mass is 344 g/mol. The number of piperazine rings is 1. The van der Waals surface area contributed by atoms with Gasteiger partial charge >= 0.3 is 5.97 Å². The van der Waals surface area contributed by atoms with Gasteiger partial charge in [-0.15, -0.1) is 12.4 Å². The molecule has 0 aromatic carbocycles. The molecule has 1 fully saturated rings. The van der Waals surface area contributed by atoms with Crippen molar-refractivity contribution < 1.29 is 9.53 Å². The van der Waals surface area contributed by atoms with Crippen LogP contribution in [0.1, 0.15) is 37.7 Å². The van der Waals surface area contributed by atoms with E-state index in [0.29, 0.717) is 6.04 Å². The zero-order valence-electron chi connectivity index (χ0n) is 14.8. The molecule has 7 heteroatoms. The highest BCUT2D eigenvalue weighted by Crippen LogP contribution is 2.17. The minimum Gasteiger partial charge on any atom is -0.462 e. The van der Waals surface area contributed by atoms with Crippen molar-refractivity contribution in [3.05, 3.63) is 17.0 Å². The smallest absolute Gasteiger partial charge is 0.328 e. The van der Waals surface area contributed by atoms with Crippen molar-refractivity contribution >= 4 is 18.4 Å². The molecule has 0 radical (unpaired) electrons. The van der Waals surface area contributed by atoms with Crippen LogP contribution in [0.5, 0.6) is 0 Å². The molecule has 1 atom stereocenters. The number of hydrogen-bond acceptors (Lipinski definition) is 5. The fourth-order valence-electron chi connectivity index (χ4n) is 2.92. The van der Waals surface area contributed by atoms with E-state index >= 15 is 0 Å². The van der Waals surface area contributed by atoms with E-state index in [0.717, 1.165) is 37.6 Å². The number of carbonyl (C=O) groups excluding carboxylic acids is 1. The van der Waals surface area contributed by atoms with Gasteiger partial charge in [0.05, 0.1) is 11.8 Å². The second-order valence-corrected chi connectivity index (χ2v) is 6.44. The highest BCUT2D eigenvalue weighted by molar-refractivity contribution is 5.85. The summed E-state index contributed by atoms with van der Waals surface area (Å²) in [5.74, 6) is -0.233. The van der Waals surface area contributed by atoms with Gasteiger partial charge in [-0.3, -0.25) is 14.4 Å². The van der Waals surface area contributed by atoms with E-state index in [1.165, 1.54) is 5.56 Å². The van der Waals surface area contributed by atoms with Gasteiger partial charge < -0.3 is 10.1 Å². The number of nitrogens with zero attached hydrogens (tertiary/aromatic N) is 3. The lowest BCUT2D eigenvalue weighted by molar-refractivity contribution is -0.148. The van der Waals surface area contributed by atoms with Crippen LogP contribution in [0.4, 0.5) is 0 Å². The Bertz CT molecular complexity index is 530. The van der Waals surface area contributed by atoms with Crippen molar-refractivity contribution in [2.45, 2.75) is 59.9 Å². The highest BCUT2D eigenvalue weighted by atomic mass is 35.5. The van der Waals surface area contributed by atoms with Crippen molar-refractivity contribution in [3.8, 4) is 0 Å². The van der Waals surface area contributed by atoms with E-state index in [2.05, 4.69) is 22.2 Å². The van der Waals surface area contributed by atoms with Crippen LogP contribution in [0.2, 0.25) is 0 Å². The van der Waals surface area contributed by atoms with Crippen LogP contribution >= 0.6 is 12.4 Å². The Hall–Kier alpha value is -1.11. The zero-order chi connectivity index (χ0) is 16.3. The molecule has 2 heterocycles. The van der Waals surface area contributed by atoms with Crippen molar-refractivity contribution in [2.75, 3.05) is 19.6 Å². The average Bonchev–Trinajstić information content (AvgIpc) is 2.65. The van der Waals surface area contributed by atoms with E-state index in [4.69, 9.17) is 4.74 Å². The Balaban J connectivity index is 0.00000264. The summed E-state index contributed by atoms with van der Waals surface area (Å²) >= 11 is 0. The van der Waals surface area contributed by atoms with Gasteiger partial charge in [0, 0.05) is 43.5 Å². The third kappa shape index (κ3) is 5.48. The van der Waals surface area contributed by atoms with Gasteiger partial charge in [0.1, 0.15) is 6.54 Å². The normalized spacial score (nSPS) is 18.8. The molecule has 0 aliphatic carbocycles. The maximum absolute atomic E-state index is 11.8. The topological polar surface area (TPSA) is 59.4 Å². The van der Waals surface area contributed by atoms with Gasteiger partial charge in [-0.05, 0) is 34.6 Å². The summed E-state index contributed by atoms with van der Waals surface area (Å²) in [5.41, 5.74) is 3.29. The van der Waals surface area contributed by atoms with Crippen molar-refractivity contribution in [1.29, 1.82) is 0 Å². The van der Waals surface area contributed by atoms with E-state index < -0.39 is 0 Å². The maximum atomic E-state index is 11.8. The maximum Gasteiger partial charge on any atom is 0.328 e. The number of esters is 1. The number of aryl methyl sites for hydroxylation is 1. The standard InChI is InChI=1S/C16H28N4O2.ClH/c1-11(2)22-16(21)10-20-14(5)15(13(4)18-20)9-19-7-6-17-12(3)8-19;/h11-12,17H,6-10H2,1-5H3;1H/t12-;/m0./s1. The molecule has 1 aromatic heterocycles. The van der Waals surface area contributed by atoms with Crippen molar-refractivity contribution in [1.82, 2.24) is 20.0 Å². The molecule has 1 aliphatic rings. The van der Waals surface area contributed by atoms with Gasteiger partial charge in [-0.2, -0.15) is 5.10 Å². The van der Waals surface area contributed by atoms with Crippen molar-refractivity contribution in [3.63, 3.8) is 0 Å². The zero-order valence-corrected chi connectivity index (χ0v) is 15.6. The lowest BCUT2D eigenvalue weighted by Gasteiger charge is -2.31. The van der Waals surface area contributed by atoms with Crippen LogP contribution in [0.25, 0.3) is 0 Å². The van der Waals surface area contributed by atoms with Crippen LogP contribution in [-0.4, -0.2) is 52.4 Å². The third-order valence-electron chi connectivity index (χ3n) is 4.01. The third-order valence-corrected chi connectivity index (χ3v) is 4.01. The Morgan fingerprint density at radius 2 is 2.13 bits per heavy atom. The van der Waals surface area contributed by atoms with Gasteiger partial charge in [0.15, 0.2) is 0 Å². The summed E-state index contributed by atoms with van der Waals surface area (Å²) in [4.78, 5) is 14.3. The van der Waals surface area contributed by atoms with Gasteiger partial charge in [-0.1, -0.05) is 0 Å². The summed E-state index contributed by atoms with van der Waals surface area (Å²) in [5, 5.41) is 7.97. The van der Waals surface area contributed by atoms with E-state index in [1.54, 1.807) is 4.68 Å². The number of carbonyl (C=O) groups is 1. The molecule has 0 amide bonds. The minimum absolute atomic E-state index is 0. The summed E-state index contributed by atoms with van der Waals surface area (Å²) < 4.78 is 6.97. The number of ether oxygens (including phenoxy) is 1. The quantitative estimate of drug-likeness (QED) is 0.823. The summed E-state index contributed by atoms with van der Waals surface area (Å²) in [7, 11) is 0. The lowest BCUT2D eigenvalue weighted by atomic mass is 10.1. The Kier molecular flexibility index (Phi) is 7.51. The fourth-order valence-corrected chi connectivity index (χ4v) is 2.92. The average molecular weight is 345 g/mol. The summed E-state index contributed by atoms with van der Waals surface area (Å²) in [6.45, 7) is 14.1. The predicted molar refractivity (Wildman–Crippen MR) is 92.9 cm³/mol. The molecule has 1 aliphatic heterocycles. The van der Waals surface area contributed by atoms with Crippen LogP contribution < -0.4 is 5.32 Å². The molecule has 1 saturated heterocycles.